The number of ether oxygens (including phenoxy) is 1. The van der Waals surface area contributed by atoms with E-state index in [4.69, 9.17) is 17.0 Å². The standard InChI is InChI=1S/C17H25N3O2S/c1-3-22-14-10-8-13(9-11-14)16(21)19-20-17(23)18-15-7-5-4-6-12(15)2/h8-12,15H,3-7H2,1-2H3,(H,19,21)(H2,18,20,23)/t12-,15-/m0/s1. The van der Waals surface area contributed by atoms with Crippen LogP contribution in [-0.4, -0.2) is 23.7 Å². The molecule has 0 unspecified atom stereocenters. The maximum Gasteiger partial charge on any atom is 0.269 e. The number of thiocarbonyl (C=S) groups is 1. The van der Waals surface area contributed by atoms with Gasteiger partial charge in [-0.3, -0.25) is 15.6 Å². The van der Waals surface area contributed by atoms with E-state index >= 15 is 0 Å². The fraction of sp³-hybridized carbons (Fsp3) is 0.529. The fourth-order valence-corrected chi connectivity index (χ4v) is 2.99. The van der Waals surface area contributed by atoms with Crippen molar-refractivity contribution in [2.45, 2.75) is 45.6 Å². The van der Waals surface area contributed by atoms with Crippen LogP contribution < -0.4 is 20.9 Å². The van der Waals surface area contributed by atoms with Gasteiger partial charge in [0, 0.05) is 11.6 Å². The van der Waals surface area contributed by atoms with Crippen molar-refractivity contribution in [3.63, 3.8) is 0 Å². The molecule has 0 bridgehead atoms. The molecule has 126 valence electrons. The summed E-state index contributed by atoms with van der Waals surface area (Å²) in [4.78, 5) is 12.1. The Morgan fingerprint density at radius 3 is 2.57 bits per heavy atom. The SMILES string of the molecule is CCOc1ccc(C(=O)NNC(=S)N[C@H]2CCCC[C@@H]2C)cc1. The zero-order valence-corrected chi connectivity index (χ0v) is 14.5. The molecule has 0 aliphatic heterocycles. The van der Waals surface area contributed by atoms with Gasteiger partial charge in [-0.05, 0) is 62.2 Å². The van der Waals surface area contributed by atoms with E-state index in [1.807, 2.05) is 6.92 Å². The van der Waals surface area contributed by atoms with Gasteiger partial charge in [-0.1, -0.05) is 19.8 Å². The molecule has 1 amide bonds. The van der Waals surface area contributed by atoms with Crippen LogP contribution in [0.15, 0.2) is 24.3 Å². The number of hydrogen-bond acceptors (Lipinski definition) is 3. The Hall–Kier alpha value is -1.82. The third kappa shape index (κ3) is 5.39. The monoisotopic (exact) mass is 335 g/mol. The first-order chi connectivity index (χ1) is 11.1. The van der Waals surface area contributed by atoms with Crippen LogP contribution in [0.3, 0.4) is 0 Å². The van der Waals surface area contributed by atoms with Crippen LogP contribution in [0.5, 0.6) is 5.75 Å². The molecule has 0 heterocycles. The van der Waals surface area contributed by atoms with Crippen molar-refractivity contribution >= 4 is 23.2 Å². The summed E-state index contributed by atoms with van der Waals surface area (Å²) in [6, 6.07) is 7.38. The summed E-state index contributed by atoms with van der Waals surface area (Å²) < 4.78 is 5.36. The third-order valence-electron chi connectivity index (χ3n) is 4.15. The van der Waals surface area contributed by atoms with Crippen molar-refractivity contribution < 1.29 is 9.53 Å². The molecule has 1 fully saturated rings. The Balaban J connectivity index is 1.77. The minimum atomic E-state index is -0.228. The summed E-state index contributed by atoms with van der Waals surface area (Å²) in [6.07, 6.45) is 4.85. The Morgan fingerprint density at radius 1 is 1.22 bits per heavy atom. The molecule has 0 spiro atoms. The first kappa shape index (κ1) is 17.5. The Labute approximate surface area is 143 Å². The first-order valence-corrected chi connectivity index (χ1v) is 8.60. The molecule has 1 aliphatic carbocycles. The number of amides is 1. The van der Waals surface area contributed by atoms with E-state index in [1.54, 1.807) is 24.3 Å². The van der Waals surface area contributed by atoms with Crippen LogP contribution in [0.25, 0.3) is 0 Å². The molecule has 1 aliphatic rings. The number of hydrogen-bond donors (Lipinski definition) is 3. The largest absolute Gasteiger partial charge is 0.494 e. The number of carbonyl (C=O) groups excluding carboxylic acids is 1. The van der Waals surface area contributed by atoms with Crippen molar-refractivity contribution in [2.75, 3.05) is 6.61 Å². The van der Waals surface area contributed by atoms with E-state index in [2.05, 4.69) is 23.1 Å². The van der Waals surface area contributed by atoms with Gasteiger partial charge in [-0.25, -0.2) is 0 Å². The highest BCUT2D eigenvalue weighted by Gasteiger charge is 2.21. The number of hydrazine groups is 1. The molecule has 6 heteroatoms. The molecular formula is C17H25N3O2S. The maximum atomic E-state index is 12.1. The third-order valence-corrected chi connectivity index (χ3v) is 4.36. The summed E-state index contributed by atoms with van der Waals surface area (Å²) in [5.41, 5.74) is 5.95. The zero-order chi connectivity index (χ0) is 16.7. The lowest BCUT2D eigenvalue weighted by Gasteiger charge is -2.30. The van der Waals surface area contributed by atoms with Gasteiger partial charge >= 0.3 is 0 Å². The summed E-state index contributed by atoms with van der Waals surface area (Å²) in [7, 11) is 0. The van der Waals surface area contributed by atoms with Gasteiger partial charge in [-0.2, -0.15) is 0 Å². The first-order valence-electron chi connectivity index (χ1n) is 8.20. The Morgan fingerprint density at radius 2 is 1.91 bits per heavy atom. The highest BCUT2D eigenvalue weighted by Crippen LogP contribution is 2.23. The lowest BCUT2D eigenvalue weighted by Crippen LogP contribution is -2.51. The van der Waals surface area contributed by atoms with Crippen molar-refractivity contribution in [1.82, 2.24) is 16.2 Å². The molecule has 0 radical (unpaired) electrons. The maximum absolute atomic E-state index is 12.1. The molecule has 0 aromatic heterocycles. The zero-order valence-electron chi connectivity index (χ0n) is 13.7. The average molecular weight is 335 g/mol. The lowest BCUT2D eigenvalue weighted by atomic mass is 9.86. The summed E-state index contributed by atoms with van der Waals surface area (Å²) in [6.45, 7) is 4.76. The highest BCUT2D eigenvalue weighted by atomic mass is 32.1. The normalized spacial score (nSPS) is 20.4. The number of carbonyl (C=O) groups is 1. The Kier molecular flexibility index (Phi) is 6.65. The van der Waals surface area contributed by atoms with Gasteiger partial charge in [0.2, 0.25) is 0 Å². The van der Waals surface area contributed by atoms with Gasteiger partial charge in [-0.15, -0.1) is 0 Å². The van der Waals surface area contributed by atoms with Crippen molar-refractivity contribution in [3.05, 3.63) is 29.8 Å². The van der Waals surface area contributed by atoms with Crippen LogP contribution in [0, 0.1) is 5.92 Å². The Bertz CT molecular complexity index is 533. The molecular weight excluding hydrogens is 310 g/mol. The van der Waals surface area contributed by atoms with Gasteiger partial charge in [0.25, 0.3) is 5.91 Å². The van der Waals surface area contributed by atoms with E-state index in [-0.39, 0.29) is 5.91 Å². The number of rotatable bonds is 4. The summed E-state index contributed by atoms with van der Waals surface area (Å²) in [5.74, 6) is 1.12. The van der Waals surface area contributed by atoms with Gasteiger partial charge in [0.05, 0.1) is 6.61 Å². The second-order valence-electron chi connectivity index (χ2n) is 5.88. The topological polar surface area (TPSA) is 62.4 Å². The summed E-state index contributed by atoms with van der Waals surface area (Å²) in [5, 5.41) is 3.75. The highest BCUT2D eigenvalue weighted by molar-refractivity contribution is 7.80. The minimum Gasteiger partial charge on any atom is -0.494 e. The minimum absolute atomic E-state index is 0.228. The second kappa shape index (κ2) is 8.72. The van der Waals surface area contributed by atoms with Crippen molar-refractivity contribution in [3.8, 4) is 5.75 Å². The molecule has 5 nitrogen and oxygen atoms in total. The lowest BCUT2D eigenvalue weighted by molar-refractivity contribution is 0.0943. The molecule has 3 N–H and O–H groups in total. The van der Waals surface area contributed by atoms with E-state index in [0.717, 1.165) is 12.2 Å². The van der Waals surface area contributed by atoms with Crippen LogP contribution in [-0.2, 0) is 0 Å². The molecule has 2 rings (SSSR count). The smallest absolute Gasteiger partial charge is 0.269 e. The van der Waals surface area contributed by atoms with Gasteiger partial charge in [0.1, 0.15) is 5.75 Å². The van der Waals surface area contributed by atoms with E-state index in [0.29, 0.717) is 29.2 Å². The van der Waals surface area contributed by atoms with Crippen LogP contribution in [0.2, 0.25) is 0 Å². The molecule has 1 aromatic carbocycles. The van der Waals surface area contributed by atoms with E-state index < -0.39 is 0 Å². The van der Waals surface area contributed by atoms with Gasteiger partial charge < -0.3 is 10.1 Å². The molecule has 1 aromatic rings. The van der Waals surface area contributed by atoms with E-state index in [1.165, 1.54) is 19.3 Å². The average Bonchev–Trinajstić information content (AvgIpc) is 2.56. The van der Waals surface area contributed by atoms with E-state index in [9.17, 15) is 4.79 Å². The molecule has 1 saturated carbocycles. The number of nitrogens with one attached hydrogen (secondary N) is 3. The fourth-order valence-electron chi connectivity index (χ4n) is 2.79. The quantitative estimate of drug-likeness (QED) is 0.583. The molecule has 2 atom stereocenters. The van der Waals surface area contributed by atoms with Crippen LogP contribution >= 0.6 is 12.2 Å². The van der Waals surface area contributed by atoms with Crippen molar-refractivity contribution in [1.29, 1.82) is 0 Å². The molecule has 0 saturated heterocycles. The summed E-state index contributed by atoms with van der Waals surface area (Å²) >= 11 is 5.25. The van der Waals surface area contributed by atoms with Crippen LogP contribution in [0.1, 0.15) is 49.9 Å². The van der Waals surface area contributed by atoms with Gasteiger partial charge in [0.15, 0.2) is 5.11 Å². The predicted molar refractivity (Wildman–Crippen MR) is 95.4 cm³/mol. The predicted octanol–water partition coefficient (Wildman–Crippen LogP) is 2.77. The van der Waals surface area contributed by atoms with Crippen LogP contribution in [0.4, 0.5) is 0 Å². The van der Waals surface area contributed by atoms with Crippen molar-refractivity contribution in [2.24, 2.45) is 5.92 Å². The molecule has 23 heavy (non-hydrogen) atoms. The second-order valence-corrected chi connectivity index (χ2v) is 6.29. The number of benzene rings is 1.